The highest BCUT2D eigenvalue weighted by atomic mass is 35.5. The molecule has 4 heteroatoms. The maximum Gasteiger partial charge on any atom is 0.0481 e. The third-order valence-electron chi connectivity index (χ3n) is 3.88. The Kier molecular flexibility index (Phi) is 4.72. The van der Waals surface area contributed by atoms with Gasteiger partial charge in [-0.1, -0.05) is 47.5 Å². The average Bonchev–Trinajstić information content (AvgIpc) is 2.82. The van der Waals surface area contributed by atoms with Crippen LogP contribution in [0.5, 0.6) is 0 Å². The average molecular weight is 333 g/mol. The van der Waals surface area contributed by atoms with Crippen LogP contribution in [0.2, 0.25) is 10.0 Å². The smallest absolute Gasteiger partial charge is 0.0481 e. The lowest BCUT2D eigenvalue weighted by molar-refractivity contribution is 0.688. The molecular formula is C18H18Cl2N2. The summed E-state index contributed by atoms with van der Waals surface area (Å²) in [5, 5.41) is 6.21. The van der Waals surface area contributed by atoms with Crippen LogP contribution in [0, 0.1) is 0 Å². The molecule has 0 aliphatic rings. The van der Waals surface area contributed by atoms with Gasteiger partial charge < -0.3 is 9.88 Å². The highest BCUT2D eigenvalue weighted by molar-refractivity contribution is 6.35. The van der Waals surface area contributed by atoms with E-state index >= 15 is 0 Å². The zero-order chi connectivity index (χ0) is 15.5. The van der Waals surface area contributed by atoms with E-state index in [1.807, 2.05) is 12.1 Å². The van der Waals surface area contributed by atoms with Gasteiger partial charge in [0, 0.05) is 40.7 Å². The summed E-state index contributed by atoms with van der Waals surface area (Å²) in [6.45, 7) is 1.73. The van der Waals surface area contributed by atoms with Crippen LogP contribution in [0.25, 0.3) is 10.9 Å². The normalized spacial score (nSPS) is 11.2. The zero-order valence-electron chi connectivity index (χ0n) is 12.4. The van der Waals surface area contributed by atoms with Crippen molar-refractivity contribution in [2.24, 2.45) is 7.05 Å². The number of aromatic nitrogens is 1. The van der Waals surface area contributed by atoms with Crippen molar-refractivity contribution >= 4 is 34.1 Å². The van der Waals surface area contributed by atoms with Crippen molar-refractivity contribution in [3.8, 4) is 0 Å². The van der Waals surface area contributed by atoms with Crippen molar-refractivity contribution in [2.45, 2.75) is 13.0 Å². The fraction of sp³-hybridized carbons (Fsp3) is 0.222. The predicted molar refractivity (Wildman–Crippen MR) is 94.8 cm³/mol. The fourth-order valence-electron chi connectivity index (χ4n) is 2.74. The standard InChI is InChI=1S/C18H18Cl2N2/c1-22-12-14(16-4-2-3-5-18(16)22)11-21-9-8-13-6-7-15(19)10-17(13)20/h2-7,10,12,21H,8-9,11H2,1H3. The molecule has 0 amide bonds. The minimum absolute atomic E-state index is 0.678. The monoisotopic (exact) mass is 332 g/mol. The summed E-state index contributed by atoms with van der Waals surface area (Å²) < 4.78 is 2.17. The second-order valence-electron chi connectivity index (χ2n) is 5.44. The van der Waals surface area contributed by atoms with Crippen molar-refractivity contribution in [3.05, 3.63) is 69.8 Å². The van der Waals surface area contributed by atoms with E-state index in [0.717, 1.165) is 30.1 Å². The lowest BCUT2D eigenvalue weighted by Gasteiger charge is -2.06. The van der Waals surface area contributed by atoms with E-state index in [0.29, 0.717) is 5.02 Å². The summed E-state index contributed by atoms with van der Waals surface area (Å²) in [6.07, 6.45) is 3.08. The molecule has 114 valence electrons. The minimum Gasteiger partial charge on any atom is -0.350 e. The van der Waals surface area contributed by atoms with E-state index in [-0.39, 0.29) is 0 Å². The van der Waals surface area contributed by atoms with Gasteiger partial charge in [-0.2, -0.15) is 0 Å². The number of nitrogens with one attached hydrogen (secondary N) is 1. The molecule has 2 aromatic carbocycles. The Hall–Kier alpha value is -1.48. The molecule has 0 aliphatic heterocycles. The van der Waals surface area contributed by atoms with E-state index in [2.05, 4.69) is 47.4 Å². The summed E-state index contributed by atoms with van der Waals surface area (Å²) in [5.74, 6) is 0. The number of para-hydroxylation sites is 1. The second-order valence-corrected chi connectivity index (χ2v) is 6.29. The Balaban J connectivity index is 1.61. The molecule has 0 saturated heterocycles. The van der Waals surface area contributed by atoms with Crippen molar-refractivity contribution < 1.29 is 0 Å². The highest BCUT2D eigenvalue weighted by Crippen LogP contribution is 2.22. The van der Waals surface area contributed by atoms with Gasteiger partial charge in [0.05, 0.1) is 0 Å². The van der Waals surface area contributed by atoms with Gasteiger partial charge in [0.25, 0.3) is 0 Å². The van der Waals surface area contributed by atoms with Crippen LogP contribution in [-0.4, -0.2) is 11.1 Å². The molecule has 0 unspecified atom stereocenters. The maximum absolute atomic E-state index is 6.19. The molecule has 0 bridgehead atoms. The number of halogens is 2. The molecule has 2 nitrogen and oxygen atoms in total. The number of hydrogen-bond acceptors (Lipinski definition) is 1. The fourth-order valence-corrected chi connectivity index (χ4v) is 3.24. The Morgan fingerprint density at radius 3 is 2.68 bits per heavy atom. The predicted octanol–water partition coefficient (Wildman–Crippen LogP) is 4.82. The van der Waals surface area contributed by atoms with E-state index in [9.17, 15) is 0 Å². The van der Waals surface area contributed by atoms with Gasteiger partial charge in [0.1, 0.15) is 0 Å². The molecule has 0 saturated carbocycles. The molecule has 0 radical (unpaired) electrons. The van der Waals surface area contributed by atoms with Crippen molar-refractivity contribution in [3.63, 3.8) is 0 Å². The number of nitrogens with zero attached hydrogens (tertiary/aromatic N) is 1. The van der Waals surface area contributed by atoms with Crippen LogP contribution in [0.4, 0.5) is 0 Å². The first-order valence-electron chi connectivity index (χ1n) is 7.33. The van der Waals surface area contributed by atoms with Gasteiger partial charge in [0.15, 0.2) is 0 Å². The lowest BCUT2D eigenvalue weighted by atomic mass is 10.1. The van der Waals surface area contributed by atoms with E-state index < -0.39 is 0 Å². The number of hydrogen-bond donors (Lipinski definition) is 1. The van der Waals surface area contributed by atoms with Gasteiger partial charge >= 0.3 is 0 Å². The molecule has 0 atom stereocenters. The Bertz CT molecular complexity index is 793. The van der Waals surface area contributed by atoms with Gasteiger partial charge in [-0.25, -0.2) is 0 Å². The van der Waals surface area contributed by atoms with Crippen LogP contribution < -0.4 is 5.32 Å². The molecule has 1 aromatic heterocycles. The summed E-state index contributed by atoms with van der Waals surface area (Å²) >= 11 is 12.1. The Morgan fingerprint density at radius 1 is 1.05 bits per heavy atom. The van der Waals surface area contributed by atoms with Gasteiger partial charge in [-0.15, -0.1) is 0 Å². The highest BCUT2D eigenvalue weighted by Gasteiger charge is 2.05. The zero-order valence-corrected chi connectivity index (χ0v) is 14.0. The van der Waals surface area contributed by atoms with Crippen LogP contribution >= 0.6 is 23.2 Å². The molecule has 1 heterocycles. The first-order valence-corrected chi connectivity index (χ1v) is 8.08. The Morgan fingerprint density at radius 2 is 1.86 bits per heavy atom. The molecular weight excluding hydrogens is 315 g/mol. The first kappa shape index (κ1) is 15.4. The van der Waals surface area contributed by atoms with Crippen LogP contribution in [0.3, 0.4) is 0 Å². The molecule has 1 N–H and O–H groups in total. The molecule has 0 spiro atoms. The summed E-state index contributed by atoms with van der Waals surface area (Å²) in [7, 11) is 2.08. The SMILES string of the molecule is Cn1cc(CNCCc2ccc(Cl)cc2Cl)c2ccccc21. The Labute approximate surface area is 140 Å². The summed E-state index contributed by atoms with van der Waals surface area (Å²) in [4.78, 5) is 0. The third-order valence-corrected chi connectivity index (χ3v) is 4.47. The number of benzene rings is 2. The number of aryl methyl sites for hydroxylation is 1. The number of fused-ring (bicyclic) bond motifs is 1. The van der Waals surface area contributed by atoms with Crippen LogP contribution in [0.1, 0.15) is 11.1 Å². The van der Waals surface area contributed by atoms with Gasteiger partial charge in [-0.3, -0.25) is 0 Å². The largest absolute Gasteiger partial charge is 0.350 e. The van der Waals surface area contributed by atoms with Crippen LogP contribution in [0.15, 0.2) is 48.7 Å². The second kappa shape index (κ2) is 6.74. The van der Waals surface area contributed by atoms with Crippen molar-refractivity contribution in [2.75, 3.05) is 6.54 Å². The number of rotatable bonds is 5. The topological polar surface area (TPSA) is 17.0 Å². The lowest BCUT2D eigenvalue weighted by Crippen LogP contribution is -2.16. The molecule has 3 rings (SSSR count). The third kappa shape index (κ3) is 3.30. The first-order chi connectivity index (χ1) is 10.6. The van der Waals surface area contributed by atoms with Crippen molar-refractivity contribution in [1.29, 1.82) is 0 Å². The summed E-state index contributed by atoms with van der Waals surface area (Å²) in [5.41, 5.74) is 3.71. The van der Waals surface area contributed by atoms with Crippen molar-refractivity contribution in [1.82, 2.24) is 9.88 Å². The quantitative estimate of drug-likeness (QED) is 0.663. The van der Waals surface area contributed by atoms with E-state index in [1.165, 1.54) is 16.5 Å². The van der Waals surface area contributed by atoms with E-state index in [1.54, 1.807) is 6.07 Å². The maximum atomic E-state index is 6.19. The molecule has 0 fully saturated rings. The minimum atomic E-state index is 0.678. The van der Waals surface area contributed by atoms with Crippen LogP contribution in [-0.2, 0) is 20.0 Å². The van der Waals surface area contributed by atoms with Gasteiger partial charge in [0.2, 0.25) is 0 Å². The summed E-state index contributed by atoms with van der Waals surface area (Å²) in [6, 6.07) is 14.1. The molecule has 22 heavy (non-hydrogen) atoms. The molecule has 0 aliphatic carbocycles. The van der Waals surface area contributed by atoms with Gasteiger partial charge in [-0.05, 0) is 42.3 Å². The molecule has 3 aromatic rings. The van der Waals surface area contributed by atoms with E-state index in [4.69, 9.17) is 23.2 Å².